The second-order valence-corrected chi connectivity index (χ2v) is 5.29. The van der Waals surface area contributed by atoms with Gasteiger partial charge in [-0.2, -0.15) is 4.73 Å². The van der Waals surface area contributed by atoms with Gasteiger partial charge in [-0.3, -0.25) is 0 Å². The third-order valence-corrected chi connectivity index (χ3v) is 3.43. The van der Waals surface area contributed by atoms with E-state index in [2.05, 4.69) is 5.32 Å². The van der Waals surface area contributed by atoms with Crippen LogP contribution in [-0.2, 0) is 11.3 Å². The summed E-state index contributed by atoms with van der Waals surface area (Å²) in [5.74, 6) is 0. The molecule has 0 radical (unpaired) electrons. The topological polar surface area (TPSA) is 106 Å². The Balaban J connectivity index is 1.70. The van der Waals surface area contributed by atoms with E-state index in [9.17, 15) is 20.2 Å². The summed E-state index contributed by atoms with van der Waals surface area (Å²) in [5, 5.41) is 33.6. The maximum atomic E-state index is 11.6. The van der Waals surface area contributed by atoms with Gasteiger partial charge in [-0.1, -0.05) is 30.3 Å². The highest BCUT2D eigenvalue weighted by Gasteiger charge is 2.20. The number of alkyl carbamates (subject to hydrolysis) is 1. The molecule has 0 saturated heterocycles. The number of nitrogens with zero attached hydrogens (tertiary/aromatic N) is 1. The molecular formula is C17H20N2O5. The fourth-order valence-electron chi connectivity index (χ4n) is 2.12. The summed E-state index contributed by atoms with van der Waals surface area (Å²) < 4.78 is 5.58. The monoisotopic (exact) mass is 332 g/mol. The van der Waals surface area contributed by atoms with Crippen molar-refractivity contribution in [1.29, 1.82) is 0 Å². The van der Waals surface area contributed by atoms with Gasteiger partial charge in [0.05, 0.1) is 6.10 Å². The van der Waals surface area contributed by atoms with Crippen molar-refractivity contribution in [2.45, 2.75) is 25.2 Å². The van der Waals surface area contributed by atoms with Crippen LogP contribution < -0.4 is 10.0 Å². The summed E-state index contributed by atoms with van der Waals surface area (Å²) in [7, 11) is 0. The minimum Gasteiger partial charge on any atom is -0.619 e. The van der Waals surface area contributed by atoms with Crippen LogP contribution in [0.5, 0.6) is 0 Å². The third kappa shape index (κ3) is 5.53. The first-order chi connectivity index (χ1) is 11.6. The average Bonchev–Trinajstić information content (AvgIpc) is 2.60. The molecule has 24 heavy (non-hydrogen) atoms. The van der Waals surface area contributed by atoms with Gasteiger partial charge in [0.25, 0.3) is 0 Å². The summed E-state index contributed by atoms with van der Waals surface area (Å²) in [5.41, 5.74) is 1.18. The lowest BCUT2D eigenvalue weighted by atomic mass is 10.0. The number of aliphatic hydroxyl groups excluding tert-OH is 2. The van der Waals surface area contributed by atoms with Gasteiger partial charge < -0.3 is 25.5 Å². The Morgan fingerprint density at radius 3 is 2.67 bits per heavy atom. The second-order valence-electron chi connectivity index (χ2n) is 5.29. The van der Waals surface area contributed by atoms with Crippen LogP contribution in [0.3, 0.4) is 0 Å². The number of hydrogen-bond donors (Lipinski definition) is 3. The van der Waals surface area contributed by atoms with Gasteiger partial charge in [-0.25, -0.2) is 4.79 Å². The van der Waals surface area contributed by atoms with E-state index in [-0.39, 0.29) is 19.6 Å². The molecule has 0 saturated carbocycles. The van der Waals surface area contributed by atoms with Gasteiger partial charge in [-0.15, -0.1) is 0 Å². The summed E-state index contributed by atoms with van der Waals surface area (Å²) >= 11 is 0. The van der Waals surface area contributed by atoms with E-state index in [1.807, 2.05) is 30.3 Å². The molecule has 0 aliphatic rings. The van der Waals surface area contributed by atoms with Crippen molar-refractivity contribution in [2.75, 3.05) is 6.54 Å². The van der Waals surface area contributed by atoms with Crippen LogP contribution in [0.2, 0.25) is 0 Å². The van der Waals surface area contributed by atoms with Gasteiger partial charge in [-0.05, 0) is 18.1 Å². The Morgan fingerprint density at radius 1 is 1.21 bits per heavy atom. The highest BCUT2D eigenvalue weighted by Crippen LogP contribution is 2.16. The zero-order valence-electron chi connectivity index (χ0n) is 13.0. The molecule has 1 aromatic carbocycles. The maximum absolute atomic E-state index is 11.6. The smallest absolute Gasteiger partial charge is 0.407 e. The van der Waals surface area contributed by atoms with Crippen LogP contribution in [0.4, 0.5) is 4.79 Å². The van der Waals surface area contributed by atoms with E-state index in [1.165, 1.54) is 18.5 Å². The first-order valence-corrected chi connectivity index (χ1v) is 7.55. The van der Waals surface area contributed by atoms with Crippen molar-refractivity contribution in [2.24, 2.45) is 0 Å². The van der Waals surface area contributed by atoms with Gasteiger partial charge in [0.2, 0.25) is 0 Å². The van der Waals surface area contributed by atoms with E-state index < -0.39 is 18.3 Å². The summed E-state index contributed by atoms with van der Waals surface area (Å²) in [6.07, 6.45) is -0.314. The molecule has 1 amide bonds. The minimum atomic E-state index is -1.20. The normalized spacial score (nSPS) is 13.1. The molecule has 0 fully saturated rings. The highest BCUT2D eigenvalue weighted by molar-refractivity contribution is 5.67. The van der Waals surface area contributed by atoms with Crippen LogP contribution in [-0.4, -0.2) is 29.0 Å². The van der Waals surface area contributed by atoms with E-state index in [1.54, 1.807) is 6.07 Å². The van der Waals surface area contributed by atoms with Gasteiger partial charge in [0.15, 0.2) is 12.4 Å². The first kappa shape index (κ1) is 17.7. The quantitative estimate of drug-likeness (QED) is 0.519. The number of amides is 1. The Bertz CT molecular complexity index is 650. The summed E-state index contributed by atoms with van der Waals surface area (Å²) in [6, 6.07) is 12.3. The summed E-state index contributed by atoms with van der Waals surface area (Å²) in [4.78, 5) is 11.6. The van der Waals surface area contributed by atoms with Crippen LogP contribution in [0.15, 0.2) is 54.9 Å². The van der Waals surface area contributed by atoms with Crippen molar-refractivity contribution in [3.05, 3.63) is 71.2 Å². The number of benzene rings is 1. The number of aromatic nitrogens is 1. The number of pyridine rings is 1. The predicted octanol–water partition coefficient (Wildman–Crippen LogP) is 1.03. The first-order valence-electron chi connectivity index (χ1n) is 7.55. The molecule has 0 spiro atoms. The molecule has 2 rings (SSSR count). The molecule has 0 bridgehead atoms. The fraction of sp³-hybridized carbons (Fsp3) is 0.294. The van der Waals surface area contributed by atoms with E-state index >= 15 is 0 Å². The standard InChI is InChI=1S/C17H20N2O5/c20-15(16(21)14-7-4-10-19(23)11-14)8-9-18-17(22)24-12-13-5-2-1-3-6-13/h1-7,10-11,15-16,20-21H,8-9,12H2,(H,18,22). The molecule has 7 heteroatoms. The van der Waals surface area contributed by atoms with Crippen LogP contribution >= 0.6 is 0 Å². The van der Waals surface area contributed by atoms with Crippen molar-refractivity contribution in [3.8, 4) is 0 Å². The second kappa shape index (κ2) is 8.85. The number of nitrogens with one attached hydrogen (secondary N) is 1. The summed E-state index contributed by atoms with van der Waals surface area (Å²) in [6.45, 7) is 0.293. The molecule has 2 unspecified atom stereocenters. The largest absolute Gasteiger partial charge is 0.619 e. The van der Waals surface area contributed by atoms with Crippen molar-refractivity contribution in [1.82, 2.24) is 5.32 Å². The lowest BCUT2D eigenvalue weighted by Crippen LogP contribution is -2.31. The Hall–Kier alpha value is -2.64. The van der Waals surface area contributed by atoms with Crippen molar-refractivity contribution in [3.63, 3.8) is 0 Å². The van der Waals surface area contributed by atoms with Crippen LogP contribution in [0.1, 0.15) is 23.7 Å². The lowest BCUT2D eigenvalue weighted by molar-refractivity contribution is -0.606. The number of hydrogen-bond acceptors (Lipinski definition) is 5. The number of carbonyl (C=O) groups excluding carboxylic acids is 1. The molecule has 0 aliphatic heterocycles. The number of rotatable bonds is 7. The van der Waals surface area contributed by atoms with Gasteiger partial charge >= 0.3 is 6.09 Å². The van der Waals surface area contributed by atoms with Crippen molar-refractivity contribution < 1.29 is 24.5 Å². The molecule has 7 nitrogen and oxygen atoms in total. The third-order valence-electron chi connectivity index (χ3n) is 3.43. The Labute approximate surface area is 139 Å². The SMILES string of the molecule is O=C(NCCC(O)C(O)c1ccc[n+]([O-])c1)OCc1ccccc1. The zero-order valence-corrected chi connectivity index (χ0v) is 13.0. The van der Waals surface area contributed by atoms with Gasteiger partial charge in [0.1, 0.15) is 12.7 Å². The van der Waals surface area contributed by atoms with Crippen LogP contribution in [0.25, 0.3) is 0 Å². The number of ether oxygens (including phenoxy) is 1. The number of aliphatic hydroxyl groups is 2. The zero-order chi connectivity index (χ0) is 17.4. The molecule has 128 valence electrons. The number of carbonyl (C=O) groups is 1. The van der Waals surface area contributed by atoms with E-state index in [0.29, 0.717) is 10.3 Å². The Morgan fingerprint density at radius 2 is 1.96 bits per heavy atom. The predicted molar refractivity (Wildman–Crippen MR) is 85.6 cm³/mol. The van der Waals surface area contributed by atoms with E-state index in [4.69, 9.17) is 4.74 Å². The molecular weight excluding hydrogens is 312 g/mol. The van der Waals surface area contributed by atoms with Crippen LogP contribution in [0, 0.1) is 5.21 Å². The van der Waals surface area contributed by atoms with E-state index in [0.717, 1.165) is 5.56 Å². The highest BCUT2D eigenvalue weighted by atomic mass is 16.5. The van der Waals surface area contributed by atoms with Crippen molar-refractivity contribution >= 4 is 6.09 Å². The molecule has 1 heterocycles. The molecule has 0 aliphatic carbocycles. The molecule has 1 aromatic heterocycles. The minimum absolute atomic E-state index is 0.120. The lowest BCUT2D eigenvalue weighted by Gasteiger charge is -2.17. The maximum Gasteiger partial charge on any atom is 0.407 e. The molecule has 3 N–H and O–H groups in total. The molecule has 2 aromatic rings. The molecule has 2 atom stereocenters. The van der Waals surface area contributed by atoms with Gasteiger partial charge in [0, 0.05) is 18.2 Å². The average molecular weight is 332 g/mol. The fourth-order valence-corrected chi connectivity index (χ4v) is 2.12. The Kier molecular flexibility index (Phi) is 6.53.